The van der Waals surface area contributed by atoms with Gasteiger partial charge in [0.05, 0.1) is 24.9 Å². The number of aromatic hydroxyl groups is 1. The van der Waals surface area contributed by atoms with E-state index in [1.165, 1.54) is 10.5 Å². The summed E-state index contributed by atoms with van der Waals surface area (Å²) in [5.41, 5.74) is 3.28. The van der Waals surface area contributed by atoms with Crippen LogP contribution in [0, 0.1) is 0 Å². The van der Waals surface area contributed by atoms with Crippen molar-refractivity contribution in [3.63, 3.8) is 0 Å². The lowest BCUT2D eigenvalue weighted by atomic mass is 9.93. The zero-order chi connectivity index (χ0) is 18.1. The molecule has 2 aromatic rings. The Morgan fingerprint density at radius 1 is 1.12 bits per heavy atom. The molecule has 0 saturated carbocycles. The van der Waals surface area contributed by atoms with Gasteiger partial charge in [0.15, 0.2) is 0 Å². The number of thioether (sulfide) groups is 1. The minimum atomic E-state index is -0.520. The number of aliphatic hydroxyl groups excluding tert-OH is 2. The summed E-state index contributed by atoms with van der Waals surface area (Å²) < 4.78 is 5.87. The maximum atomic E-state index is 10.3. The van der Waals surface area contributed by atoms with Crippen LogP contribution in [0.5, 0.6) is 5.75 Å². The maximum Gasteiger partial charge on any atom is 0.121 e. The molecular weight excluding hydrogens is 348 g/mol. The van der Waals surface area contributed by atoms with Crippen molar-refractivity contribution >= 4 is 11.8 Å². The Labute approximate surface area is 157 Å². The molecule has 4 nitrogen and oxygen atoms in total. The average Bonchev–Trinajstić information content (AvgIpc) is 3.05. The van der Waals surface area contributed by atoms with Gasteiger partial charge in [-0.1, -0.05) is 24.3 Å². The quantitative estimate of drug-likeness (QED) is 0.769. The lowest BCUT2D eigenvalue weighted by Gasteiger charge is -2.33. The molecule has 0 aliphatic carbocycles. The number of hydrogen-bond acceptors (Lipinski definition) is 5. The SMILES string of the molecule is OCC1CC(O)CC(c2cc(CC3Cc4ccccc4S3)ccc2O)O1. The van der Waals surface area contributed by atoms with Crippen LogP contribution in [0.3, 0.4) is 0 Å². The standard InChI is InChI=1S/C21H24O4S/c22-12-16-10-15(23)11-20(25-16)18-8-13(5-6-19(18)24)7-17-9-14-3-1-2-4-21(14)26-17/h1-6,8,15-17,20,22-24H,7,9-12H2. The first-order valence-corrected chi connectivity index (χ1v) is 10.0. The molecular formula is C21H24O4S. The van der Waals surface area contributed by atoms with Gasteiger partial charge < -0.3 is 20.1 Å². The average molecular weight is 372 g/mol. The molecule has 26 heavy (non-hydrogen) atoms. The first kappa shape index (κ1) is 17.9. The minimum absolute atomic E-state index is 0.120. The Bertz CT molecular complexity index is 753. The molecule has 4 atom stereocenters. The Balaban J connectivity index is 1.50. The van der Waals surface area contributed by atoms with E-state index in [0.29, 0.717) is 23.7 Å². The summed E-state index contributed by atoms with van der Waals surface area (Å²) in [7, 11) is 0. The summed E-state index contributed by atoms with van der Waals surface area (Å²) in [6, 6.07) is 14.2. The van der Waals surface area contributed by atoms with Crippen LogP contribution >= 0.6 is 11.8 Å². The van der Waals surface area contributed by atoms with Gasteiger partial charge in [-0.3, -0.25) is 0 Å². The Morgan fingerprint density at radius 2 is 1.96 bits per heavy atom. The zero-order valence-corrected chi connectivity index (χ0v) is 15.4. The highest BCUT2D eigenvalue weighted by molar-refractivity contribution is 8.00. The van der Waals surface area contributed by atoms with Crippen molar-refractivity contribution in [2.45, 2.75) is 54.1 Å². The largest absolute Gasteiger partial charge is 0.508 e. The van der Waals surface area contributed by atoms with Gasteiger partial charge in [0.1, 0.15) is 5.75 Å². The van der Waals surface area contributed by atoms with Crippen molar-refractivity contribution < 1.29 is 20.1 Å². The number of rotatable bonds is 4. The van der Waals surface area contributed by atoms with Gasteiger partial charge in [0, 0.05) is 28.6 Å². The van der Waals surface area contributed by atoms with Crippen LogP contribution in [-0.2, 0) is 17.6 Å². The topological polar surface area (TPSA) is 69.9 Å². The van der Waals surface area contributed by atoms with E-state index in [9.17, 15) is 15.3 Å². The predicted octanol–water partition coefficient (Wildman–Crippen LogP) is 3.23. The van der Waals surface area contributed by atoms with E-state index in [2.05, 4.69) is 24.3 Å². The van der Waals surface area contributed by atoms with Crippen LogP contribution in [0.2, 0.25) is 0 Å². The molecule has 0 bridgehead atoms. The van der Waals surface area contributed by atoms with Crippen molar-refractivity contribution in [3.05, 3.63) is 59.2 Å². The molecule has 0 amide bonds. The first-order chi connectivity index (χ1) is 12.6. The fraction of sp³-hybridized carbons (Fsp3) is 0.429. The van der Waals surface area contributed by atoms with Gasteiger partial charge in [-0.05, 0) is 42.2 Å². The third kappa shape index (κ3) is 3.76. The predicted molar refractivity (Wildman–Crippen MR) is 102 cm³/mol. The van der Waals surface area contributed by atoms with Gasteiger partial charge in [0.2, 0.25) is 0 Å². The maximum absolute atomic E-state index is 10.3. The zero-order valence-electron chi connectivity index (χ0n) is 14.5. The van der Waals surface area contributed by atoms with Crippen LogP contribution in [0.1, 0.15) is 35.6 Å². The van der Waals surface area contributed by atoms with Gasteiger partial charge in [0.25, 0.3) is 0 Å². The molecule has 3 N–H and O–H groups in total. The van der Waals surface area contributed by atoms with Gasteiger partial charge in [-0.2, -0.15) is 0 Å². The summed E-state index contributed by atoms with van der Waals surface area (Å²) >= 11 is 1.91. The number of phenolic OH excluding ortho intramolecular Hbond substituents is 1. The molecule has 5 heteroatoms. The molecule has 2 aliphatic rings. The number of ether oxygens (including phenoxy) is 1. The summed E-state index contributed by atoms with van der Waals surface area (Å²) in [6.07, 6.45) is 1.57. The highest BCUT2D eigenvalue weighted by atomic mass is 32.2. The first-order valence-electron chi connectivity index (χ1n) is 9.13. The van der Waals surface area contributed by atoms with Crippen LogP contribution < -0.4 is 0 Å². The molecule has 4 unspecified atom stereocenters. The van der Waals surface area contributed by atoms with Gasteiger partial charge >= 0.3 is 0 Å². The monoisotopic (exact) mass is 372 g/mol. The smallest absolute Gasteiger partial charge is 0.121 e. The molecule has 4 rings (SSSR count). The molecule has 0 aromatic heterocycles. The fourth-order valence-electron chi connectivity index (χ4n) is 3.93. The van der Waals surface area contributed by atoms with E-state index in [4.69, 9.17) is 4.74 Å². The molecule has 2 aliphatic heterocycles. The number of aliphatic hydroxyl groups is 2. The molecule has 1 saturated heterocycles. The van der Waals surface area contributed by atoms with Crippen LogP contribution in [0.15, 0.2) is 47.4 Å². The highest BCUT2D eigenvalue weighted by Gasteiger charge is 2.31. The summed E-state index contributed by atoms with van der Waals surface area (Å²) in [5, 5.41) is 30.2. The summed E-state index contributed by atoms with van der Waals surface area (Å²) in [4.78, 5) is 1.36. The number of benzene rings is 2. The Morgan fingerprint density at radius 3 is 2.77 bits per heavy atom. The Hall–Kier alpha value is -1.53. The lowest BCUT2D eigenvalue weighted by molar-refractivity contribution is -0.114. The molecule has 0 radical (unpaired) electrons. The minimum Gasteiger partial charge on any atom is -0.508 e. The molecule has 2 heterocycles. The third-order valence-electron chi connectivity index (χ3n) is 5.20. The lowest BCUT2D eigenvalue weighted by Crippen LogP contribution is -2.33. The van der Waals surface area contributed by atoms with Crippen molar-refractivity contribution in [1.82, 2.24) is 0 Å². The summed E-state index contributed by atoms with van der Waals surface area (Å²) in [5.74, 6) is 0.187. The number of fused-ring (bicyclic) bond motifs is 1. The van der Waals surface area contributed by atoms with Crippen LogP contribution in [0.4, 0.5) is 0 Å². The van der Waals surface area contributed by atoms with E-state index in [1.54, 1.807) is 6.07 Å². The highest BCUT2D eigenvalue weighted by Crippen LogP contribution is 2.40. The number of hydrogen-bond donors (Lipinski definition) is 3. The van der Waals surface area contributed by atoms with Crippen LogP contribution in [-0.4, -0.2) is 39.4 Å². The second-order valence-corrected chi connectivity index (χ2v) is 8.55. The van der Waals surface area contributed by atoms with E-state index >= 15 is 0 Å². The van der Waals surface area contributed by atoms with Crippen molar-refractivity contribution in [1.29, 1.82) is 0 Å². The Kier molecular flexibility index (Phi) is 5.23. The normalized spacial score (nSPS) is 28.1. The third-order valence-corrected chi connectivity index (χ3v) is 6.52. The van der Waals surface area contributed by atoms with Gasteiger partial charge in [-0.25, -0.2) is 0 Å². The fourth-order valence-corrected chi connectivity index (χ4v) is 5.29. The van der Waals surface area contributed by atoms with Gasteiger partial charge in [-0.15, -0.1) is 11.8 Å². The van der Waals surface area contributed by atoms with Crippen molar-refractivity contribution in [3.8, 4) is 5.75 Å². The molecule has 1 fully saturated rings. The van der Waals surface area contributed by atoms with Crippen LogP contribution in [0.25, 0.3) is 0 Å². The molecule has 2 aromatic carbocycles. The van der Waals surface area contributed by atoms with E-state index in [0.717, 1.165) is 18.4 Å². The molecule has 0 spiro atoms. The summed E-state index contributed by atoms with van der Waals surface area (Å²) in [6.45, 7) is -0.120. The van der Waals surface area contributed by atoms with E-state index in [-0.39, 0.29) is 24.6 Å². The second-order valence-electron chi connectivity index (χ2n) is 7.20. The van der Waals surface area contributed by atoms with E-state index in [1.807, 2.05) is 23.9 Å². The molecule has 138 valence electrons. The van der Waals surface area contributed by atoms with Crippen molar-refractivity contribution in [2.24, 2.45) is 0 Å². The second kappa shape index (κ2) is 7.61. The number of phenols is 1. The van der Waals surface area contributed by atoms with E-state index < -0.39 is 6.10 Å². The van der Waals surface area contributed by atoms with Crippen molar-refractivity contribution in [2.75, 3.05) is 6.61 Å².